The number of aliphatic hydroxyl groups excluding tert-OH is 1. The number of rotatable bonds is 10. The highest BCUT2D eigenvalue weighted by atomic mass is 16.4. The maximum Gasteiger partial charge on any atom is 0.326 e. The number of carbonyl (C=O) groups is 5. The molecule has 0 aromatic carbocycles. The SMILES string of the molecule is CC(NC(=O)C(CO)NC(=O)C(N)CCC(N)=O)C(=O)N1CCCC1C(=O)O. The number of carboxylic acids is 1. The molecule has 0 spiro atoms. The fraction of sp³-hybridized carbons (Fsp3) is 0.688. The van der Waals surface area contributed by atoms with Gasteiger partial charge in [0.25, 0.3) is 0 Å². The van der Waals surface area contributed by atoms with Crippen molar-refractivity contribution in [3.8, 4) is 0 Å². The Kier molecular flexibility index (Phi) is 8.79. The van der Waals surface area contributed by atoms with Crippen LogP contribution in [0.2, 0.25) is 0 Å². The van der Waals surface area contributed by atoms with Crippen LogP contribution >= 0.6 is 0 Å². The van der Waals surface area contributed by atoms with Gasteiger partial charge in [-0.1, -0.05) is 0 Å². The number of carbonyl (C=O) groups excluding carboxylic acids is 4. The normalized spacial score (nSPS) is 19.4. The molecule has 12 nitrogen and oxygen atoms in total. The summed E-state index contributed by atoms with van der Waals surface area (Å²) in [5.41, 5.74) is 10.6. The van der Waals surface area contributed by atoms with Gasteiger partial charge in [0.05, 0.1) is 12.6 Å². The van der Waals surface area contributed by atoms with Crippen molar-refractivity contribution in [2.75, 3.05) is 13.2 Å². The largest absolute Gasteiger partial charge is 0.480 e. The lowest BCUT2D eigenvalue weighted by Crippen LogP contribution is -2.57. The van der Waals surface area contributed by atoms with Crippen LogP contribution in [0.4, 0.5) is 0 Å². The van der Waals surface area contributed by atoms with E-state index in [0.717, 1.165) is 0 Å². The van der Waals surface area contributed by atoms with Gasteiger partial charge in [-0.25, -0.2) is 4.79 Å². The first-order valence-corrected chi connectivity index (χ1v) is 8.87. The number of hydrogen-bond acceptors (Lipinski definition) is 7. The first kappa shape index (κ1) is 23.3. The summed E-state index contributed by atoms with van der Waals surface area (Å²) >= 11 is 0. The molecule has 1 aliphatic rings. The minimum atomic E-state index is -1.36. The molecule has 0 saturated carbocycles. The number of hydrogen-bond donors (Lipinski definition) is 6. The Labute approximate surface area is 161 Å². The van der Waals surface area contributed by atoms with Crippen LogP contribution in [0.25, 0.3) is 0 Å². The molecule has 1 rings (SSSR count). The standard InChI is InChI=1S/C16H27N5O7/c1-8(15(26)21-6-2-3-11(21)16(27)28)19-14(25)10(7-22)20-13(24)9(17)4-5-12(18)23/h8-11,22H,2-7,17H2,1H3,(H2,18,23)(H,19,25)(H,20,24)(H,27,28). The number of aliphatic hydroxyl groups is 1. The van der Waals surface area contributed by atoms with E-state index < -0.39 is 60.4 Å². The lowest BCUT2D eigenvalue weighted by molar-refractivity contribution is -0.149. The van der Waals surface area contributed by atoms with E-state index in [4.69, 9.17) is 16.6 Å². The van der Waals surface area contributed by atoms with Gasteiger partial charge in [0, 0.05) is 13.0 Å². The van der Waals surface area contributed by atoms with Crippen molar-refractivity contribution in [1.29, 1.82) is 0 Å². The molecule has 0 radical (unpaired) electrons. The van der Waals surface area contributed by atoms with Crippen LogP contribution in [-0.4, -0.2) is 82.0 Å². The van der Waals surface area contributed by atoms with Crippen molar-refractivity contribution >= 4 is 29.6 Å². The van der Waals surface area contributed by atoms with E-state index in [1.165, 1.54) is 11.8 Å². The Morgan fingerprint density at radius 3 is 2.36 bits per heavy atom. The van der Waals surface area contributed by atoms with Gasteiger partial charge in [-0.05, 0) is 26.2 Å². The van der Waals surface area contributed by atoms with Crippen LogP contribution in [0, 0.1) is 0 Å². The van der Waals surface area contributed by atoms with E-state index >= 15 is 0 Å². The third kappa shape index (κ3) is 6.46. The maximum absolute atomic E-state index is 12.4. The second kappa shape index (κ2) is 10.6. The molecule has 4 unspecified atom stereocenters. The zero-order valence-electron chi connectivity index (χ0n) is 15.6. The Morgan fingerprint density at radius 1 is 1.18 bits per heavy atom. The van der Waals surface area contributed by atoms with Crippen molar-refractivity contribution < 1.29 is 34.2 Å². The van der Waals surface area contributed by atoms with Crippen LogP contribution in [0.1, 0.15) is 32.6 Å². The second-order valence-electron chi connectivity index (χ2n) is 6.61. The first-order chi connectivity index (χ1) is 13.1. The molecule has 4 amide bonds. The fourth-order valence-corrected chi connectivity index (χ4v) is 2.81. The van der Waals surface area contributed by atoms with E-state index in [1.807, 2.05) is 0 Å². The molecular formula is C16H27N5O7. The summed E-state index contributed by atoms with van der Waals surface area (Å²) in [5, 5.41) is 23.1. The molecule has 1 heterocycles. The number of aliphatic carboxylic acids is 1. The Bertz CT molecular complexity index is 627. The molecule has 1 fully saturated rings. The highest BCUT2D eigenvalue weighted by Crippen LogP contribution is 2.18. The monoisotopic (exact) mass is 401 g/mol. The average molecular weight is 401 g/mol. The third-order valence-electron chi connectivity index (χ3n) is 4.40. The van der Waals surface area contributed by atoms with E-state index in [1.54, 1.807) is 0 Å². The predicted molar refractivity (Wildman–Crippen MR) is 95.4 cm³/mol. The highest BCUT2D eigenvalue weighted by molar-refractivity contribution is 5.94. The predicted octanol–water partition coefficient (Wildman–Crippen LogP) is -3.36. The van der Waals surface area contributed by atoms with Gasteiger partial charge < -0.3 is 37.2 Å². The molecule has 0 aromatic rings. The Balaban J connectivity index is 2.62. The molecule has 8 N–H and O–H groups in total. The van der Waals surface area contributed by atoms with E-state index in [2.05, 4.69) is 10.6 Å². The minimum Gasteiger partial charge on any atom is -0.480 e. The third-order valence-corrected chi connectivity index (χ3v) is 4.40. The summed E-state index contributed by atoms with van der Waals surface area (Å²) in [6.45, 7) is 0.902. The van der Waals surface area contributed by atoms with Crippen LogP contribution in [0.3, 0.4) is 0 Å². The number of nitrogens with zero attached hydrogens (tertiary/aromatic N) is 1. The molecule has 158 valence electrons. The van der Waals surface area contributed by atoms with Gasteiger partial charge in [0.15, 0.2) is 0 Å². The molecule has 1 saturated heterocycles. The van der Waals surface area contributed by atoms with Crippen molar-refractivity contribution in [2.45, 2.75) is 56.8 Å². The van der Waals surface area contributed by atoms with Gasteiger partial charge in [-0.2, -0.15) is 0 Å². The summed E-state index contributed by atoms with van der Waals surface area (Å²) in [4.78, 5) is 59.7. The highest BCUT2D eigenvalue weighted by Gasteiger charge is 2.36. The number of carboxylic acid groups (broad SMARTS) is 1. The molecule has 12 heteroatoms. The lowest BCUT2D eigenvalue weighted by atomic mass is 10.1. The number of likely N-dealkylation sites (tertiary alicyclic amines) is 1. The van der Waals surface area contributed by atoms with Crippen molar-refractivity contribution in [2.24, 2.45) is 11.5 Å². The van der Waals surface area contributed by atoms with Gasteiger partial charge in [0.2, 0.25) is 23.6 Å². The summed E-state index contributed by atoms with van der Waals surface area (Å²) in [7, 11) is 0. The molecule has 28 heavy (non-hydrogen) atoms. The zero-order chi connectivity index (χ0) is 21.4. The maximum atomic E-state index is 12.4. The van der Waals surface area contributed by atoms with Crippen LogP contribution in [-0.2, 0) is 24.0 Å². The summed E-state index contributed by atoms with van der Waals surface area (Å²) in [6.07, 6.45) is 0.736. The number of nitrogens with two attached hydrogens (primary N) is 2. The molecular weight excluding hydrogens is 374 g/mol. The van der Waals surface area contributed by atoms with Gasteiger partial charge in [-0.3, -0.25) is 19.2 Å². The van der Waals surface area contributed by atoms with Crippen molar-refractivity contribution in [3.05, 3.63) is 0 Å². The molecule has 4 atom stereocenters. The average Bonchev–Trinajstić information content (AvgIpc) is 3.12. The summed E-state index contributed by atoms with van der Waals surface area (Å²) < 4.78 is 0. The Morgan fingerprint density at radius 2 is 1.82 bits per heavy atom. The van der Waals surface area contributed by atoms with Gasteiger partial charge in [0.1, 0.15) is 18.1 Å². The van der Waals surface area contributed by atoms with Crippen LogP contribution in [0.15, 0.2) is 0 Å². The van der Waals surface area contributed by atoms with Crippen molar-refractivity contribution in [3.63, 3.8) is 0 Å². The van der Waals surface area contributed by atoms with E-state index in [0.29, 0.717) is 12.8 Å². The quantitative estimate of drug-likeness (QED) is 0.217. The van der Waals surface area contributed by atoms with Gasteiger partial charge >= 0.3 is 5.97 Å². The second-order valence-corrected chi connectivity index (χ2v) is 6.61. The molecule has 0 aromatic heterocycles. The smallest absolute Gasteiger partial charge is 0.326 e. The summed E-state index contributed by atoms with van der Waals surface area (Å²) in [5.74, 6) is -3.91. The van der Waals surface area contributed by atoms with Crippen LogP contribution < -0.4 is 22.1 Å². The first-order valence-electron chi connectivity index (χ1n) is 8.87. The topological polar surface area (TPSA) is 205 Å². The number of nitrogens with one attached hydrogen (secondary N) is 2. The zero-order valence-corrected chi connectivity index (χ0v) is 15.6. The van der Waals surface area contributed by atoms with Crippen molar-refractivity contribution in [1.82, 2.24) is 15.5 Å². The van der Waals surface area contributed by atoms with E-state index in [-0.39, 0.29) is 19.4 Å². The summed E-state index contributed by atoms with van der Waals surface area (Å²) in [6, 6.07) is -4.46. The number of amides is 4. The fourth-order valence-electron chi connectivity index (χ4n) is 2.81. The Hall–Kier alpha value is -2.73. The van der Waals surface area contributed by atoms with E-state index in [9.17, 15) is 29.1 Å². The lowest BCUT2D eigenvalue weighted by Gasteiger charge is -2.26. The molecule has 0 bridgehead atoms. The van der Waals surface area contributed by atoms with Crippen LogP contribution in [0.5, 0.6) is 0 Å². The van der Waals surface area contributed by atoms with Gasteiger partial charge in [-0.15, -0.1) is 0 Å². The minimum absolute atomic E-state index is 0.0264. The number of primary amides is 1. The molecule has 0 aliphatic carbocycles. The molecule has 1 aliphatic heterocycles.